The summed E-state index contributed by atoms with van der Waals surface area (Å²) in [6, 6.07) is 4.70. The van der Waals surface area contributed by atoms with Crippen LogP contribution in [-0.4, -0.2) is 32.8 Å². The molecule has 2 N–H and O–H groups in total. The number of nitrogens with zero attached hydrogens (tertiary/aromatic N) is 2. The summed E-state index contributed by atoms with van der Waals surface area (Å²) in [5.74, 6) is -1.14. The summed E-state index contributed by atoms with van der Waals surface area (Å²) in [6.45, 7) is 7.23. The van der Waals surface area contributed by atoms with E-state index in [0.717, 1.165) is 29.1 Å². The van der Waals surface area contributed by atoms with Gasteiger partial charge in [-0.25, -0.2) is 4.68 Å². The van der Waals surface area contributed by atoms with Gasteiger partial charge < -0.3 is 10.4 Å². The molecule has 1 heterocycles. The summed E-state index contributed by atoms with van der Waals surface area (Å²) in [5, 5.41) is 16.5. The minimum Gasteiger partial charge on any atom is -0.481 e. The van der Waals surface area contributed by atoms with Gasteiger partial charge in [-0.1, -0.05) is 26.0 Å². The number of aliphatic carboxylic acids is 1. The van der Waals surface area contributed by atoms with Gasteiger partial charge in [-0.15, -0.1) is 0 Å². The summed E-state index contributed by atoms with van der Waals surface area (Å²) in [5.41, 5.74) is 1.77. The maximum absolute atomic E-state index is 12.9. The molecule has 0 bridgehead atoms. The number of carboxylic acids is 1. The van der Waals surface area contributed by atoms with Crippen molar-refractivity contribution in [2.45, 2.75) is 65.1 Å². The first-order valence-electron chi connectivity index (χ1n) is 10.7. The van der Waals surface area contributed by atoms with Crippen LogP contribution in [0.1, 0.15) is 61.5 Å². The number of carbonyl (C=O) groups excluding carboxylic acids is 1. The van der Waals surface area contributed by atoms with Crippen LogP contribution in [0.4, 0.5) is 13.2 Å². The number of allylic oxidation sites excluding steroid dienone is 1. The SMILES string of the molecule is Cc1nn(-c2ccc(C(F)(F)F)cc2)c(C)c1[C@H]1C=C[C@@H](NC(=O)CC(C)(C)CC(=O)O)C1. The lowest BCUT2D eigenvalue weighted by atomic mass is 9.85. The monoisotopic (exact) mass is 463 g/mol. The number of alkyl halides is 3. The number of halogens is 3. The highest BCUT2D eigenvalue weighted by molar-refractivity contribution is 5.78. The second kappa shape index (κ2) is 9.03. The number of hydrogen-bond acceptors (Lipinski definition) is 3. The van der Waals surface area contributed by atoms with Gasteiger partial charge in [-0.2, -0.15) is 18.3 Å². The lowest BCUT2D eigenvalue weighted by molar-refractivity contribution is -0.140. The van der Waals surface area contributed by atoms with E-state index in [2.05, 4.69) is 10.4 Å². The number of benzene rings is 1. The summed E-state index contributed by atoms with van der Waals surface area (Å²) in [4.78, 5) is 23.4. The number of hydrogen-bond donors (Lipinski definition) is 2. The molecular weight excluding hydrogens is 435 g/mol. The summed E-state index contributed by atoms with van der Waals surface area (Å²) in [6.07, 6.45) is 0.174. The third-order valence-electron chi connectivity index (χ3n) is 5.86. The average molecular weight is 464 g/mol. The Labute approximate surface area is 190 Å². The fourth-order valence-electron chi connectivity index (χ4n) is 4.42. The van der Waals surface area contributed by atoms with Crippen LogP contribution in [0.5, 0.6) is 0 Å². The molecular formula is C24H28F3N3O3. The van der Waals surface area contributed by atoms with Crippen molar-refractivity contribution in [3.8, 4) is 5.69 Å². The molecule has 0 spiro atoms. The van der Waals surface area contributed by atoms with Crippen LogP contribution < -0.4 is 5.32 Å². The number of aryl methyl sites for hydroxylation is 1. The van der Waals surface area contributed by atoms with Gasteiger partial charge in [0.05, 0.1) is 23.4 Å². The Kier molecular flexibility index (Phi) is 6.72. The second-order valence-corrected chi connectivity index (χ2v) is 9.35. The Balaban J connectivity index is 1.69. The predicted octanol–water partition coefficient (Wildman–Crippen LogP) is 4.93. The molecule has 1 aliphatic rings. The largest absolute Gasteiger partial charge is 0.481 e. The van der Waals surface area contributed by atoms with Crippen LogP contribution in [0.3, 0.4) is 0 Å². The van der Waals surface area contributed by atoms with Crippen molar-refractivity contribution in [2.24, 2.45) is 5.41 Å². The fraction of sp³-hybridized carbons (Fsp3) is 0.458. The smallest absolute Gasteiger partial charge is 0.416 e. The molecule has 9 heteroatoms. The number of carboxylic acid groups (broad SMARTS) is 1. The third kappa shape index (κ3) is 5.83. The fourth-order valence-corrected chi connectivity index (χ4v) is 4.42. The first-order valence-corrected chi connectivity index (χ1v) is 10.7. The minimum atomic E-state index is -4.39. The number of nitrogens with one attached hydrogen (secondary N) is 1. The molecule has 1 aromatic carbocycles. The van der Waals surface area contributed by atoms with Crippen LogP contribution in [0, 0.1) is 19.3 Å². The molecule has 1 aromatic heterocycles. The topological polar surface area (TPSA) is 84.2 Å². The predicted molar refractivity (Wildman–Crippen MR) is 117 cm³/mol. The van der Waals surface area contributed by atoms with Gasteiger partial charge in [-0.3, -0.25) is 9.59 Å². The molecule has 0 radical (unpaired) electrons. The number of aromatic nitrogens is 2. The molecule has 0 unspecified atom stereocenters. The van der Waals surface area contributed by atoms with Gasteiger partial charge in [0.1, 0.15) is 0 Å². The molecule has 1 amide bonds. The highest BCUT2D eigenvalue weighted by Gasteiger charge is 2.31. The Morgan fingerprint density at radius 2 is 1.76 bits per heavy atom. The van der Waals surface area contributed by atoms with E-state index in [-0.39, 0.29) is 30.7 Å². The van der Waals surface area contributed by atoms with E-state index >= 15 is 0 Å². The first kappa shape index (κ1) is 24.5. The molecule has 0 aliphatic heterocycles. The third-order valence-corrected chi connectivity index (χ3v) is 5.86. The van der Waals surface area contributed by atoms with Gasteiger partial charge in [0.2, 0.25) is 5.91 Å². The van der Waals surface area contributed by atoms with E-state index in [0.29, 0.717) is 12.1 Å². The van der Waals surface area contributed by atoms with Crippen LogP contribution >= 0.6 is 0 Å². The highest BCUT2D eigenvalue weighted by Crippen LogP contribution is 2.35. The van der Waals surface area contributed by atoms with Gasteiger partial charge in [0.25, 0.3) is 0 Å². The van der Waals surface area contributed by atoms with Crippen molar-refractivity contribution in [1.82, 2.24) is 15.1 Å². The molecule has 178 valence electrons. The Hall–Kier alpha value is -3.10. The number of amides is 1. The zero-order valence-corrected chi connectivity index (χ0v) is 19.0. The van der Waals surface area contributed by atoms with E-state index in [1.54, 1.807) is 18.5 Å². The van der Waals surface area contributed by atoms with Crippen molar-refractivity contribution in [3.63, 3.8) is 0 Å². The van der Waals surface area contributed by atoms with E-state index < -0.39 is 23.1 Å². The van der Waals surface area contributed by atoms with Crippen LogP contribution in [0.15, 0.2) is 36.4 Å². The van der Waals surface area contributed by atoms with E-state index in [1.807, 2.05) is 26.0 Å². The van der Waals surface area contributed by atoms with Gasteiger partial charge in [0, 0.05) is 29.6 Å². The van der Waals surface area contributed by atoms with E-state index in [1.165, 1.54) is 12.1 Å². The summed E-state index contributed by atoms with van der Waals surface area (Å²) >= 11 is 0. The first-order chi connectivity index (χ1) is 15.3. The maximum atomic E-state index is 12.9. The average Bonchev–Trinajstić information content (AvgIpc) is 3.22. The standard InChI is InChI=1S/C24H28F3N3O3/c1-14-22(15(2)30(29-14)19-9-6-17(7-10-19)24(25,26)27)16-5-8-18(11-16)28-20(31)12-23(3,4)13-21(32)33/h5-10,16,18H,11-13H2,1-4H3,(H,28,31)(H,32,33)/t16-,18+/m0/s1. The Morgan fingerprint density at radius 3 is 2.33 bits per heavy atom. The maximum Gasteiger partial charge on any atom is 0.416 e. The molecule has 6 nitrogen and oxygen atoms in total. The highest BCUT2D eigenvalue weighted by atomic mass is 19.4. The van der Waals surface area contributed by atoms with Gasteiger partial charge in [-0.05, 0) is 49.9 Å². The molecule has 1 aliphatic carbocycles. The van der Waals surface area contributed by atoms with Crippen LogP contribution in [0.25, 0.3) is 5.69 Å². The van der Waals surface area contributed by atoms with E-state index in [9.17, 15) is 22.8 Å². The van der Waals surface area contributed by atoms with Gasteiger partial charge >= 0.3 is 12.1 Å². The van der Waals surface area contributed by atoms with Crippen molar-refractivity contribution in [3.05, 3.63) is 58.9 Å². The number of rotatable bonds is 7. The molecule has 3 rings (SSSR count). The molecule has 33 heavy (non-hydrogen) atoms. The van der Waals surface area contributed by atoms with E-state index in [4.69, 9.17) is 5.11 Å². The zero-order valence-electron chi connectivity index (χ0n) is 19.0. The molecule has 0 saturated heterocycles. The molecule has 0 saturated carbocycles. The van der Waals surface area contributed by atoms with Crippen molar-refractivity contribution in [1.29, 1.82) is 0 Å². The minimum absolute atomic E-state index is 0.00512. The summed E-state index contributed by atoms with van der Waals surface area (Å²) in [7, 11) is 0. The normalized spacial score (nSPS) is 18.5. The molecule has 2 aromatic rings. The second-order valence-electron chi connectivity index (χ2n) is 9.35. The number of carbonyl (C=O) groups is 2. The Bertz CT molecular complexity index is 1070. The quantitative estimate of drug-likeness (QED) is 0.571. The lowest BCUT2D eigenvalue weighted by Gasteiger charge is -2.23. The lowest BCUT2D eigenvalue weighted by Crippen LogP contribution is -2.36. The molecule has 0 fully saturated rings. The van der Waals surface area contributed by atoms with Crippen LogP contribution in [-0.2, 0) is 15.8 Å². The van der Waals surface area contributed by atoms with Crippen LogP contribution in [0.2, 0.25) is 0 Å². The van der Waals surface area contributed by atoms with Crippen molar-refractivity contribution < 1.29 is 27.9 Å². The zero-order chi connectivity index (χ0) is 24.6. The van der Waals surface area contributed by atoms with Crippen molar-refractivity contribution in [2.75, 3.05) is 0 Å². The summed E-state index contributed by atoms with van der Waals surface area (Å²) < 4.78 is 40.2. The van der Waals surface area contributed by atoms with Gasteiger partial charge in [0.15, 0.2) is 0 Å². The van der Waals surface area contributed by atoms with Crippen molar-refractivity contribution >= 4 is 11.9 Å². The molecule has 2 atom stereocenters. The Morgan fingerprint density at radius 1 is 1.12 bits per heavy atom.